The largest absolute Gasteiger partial charge is 0.505 e. The summed E-state index contributed by atoms with van der Waals surface area (Å²) in [6, 6.07) is 4.76. The summed E-state index contributed by atoms with van der Waals surface area (Å²) in [5.41, 5.74) is 6.01. The SMILES string of the molecule is N#C/C(=C/c1cc(Cl)c(O)c(Cl)c1)C(N)=S. The van der Waals surface area contributed by atoms with Crippen LogP contribution >= 0.6 is 35.4 Å². The molecule has 1 rings (SSSR count). The fraction of sp³-hybridized carbons (Fsp3) is 0. The fourth-order valence-electron chi connectivity index (χ4n) is 0.994. The molecule has 0 saturated carbocycles. The summed E-state index contributed by atoms with van der Waals surface area (Å²) in [6.07, 6.45) is 1.44. The molecule has 1 aromatic rings. The molecule has 0 atom stereocenters. The number of rotatable bonds is 2. The number of nitriles is 1. The topological polar surface area (TPSA) is 70.0 Å². The third kappa shape index (κ3) is 2.86. The van der Waals surface area contributed by atoms with Crippen LogP contribution in [0.15, 0.2) is 17.7 Å². The second-order valence-corrected chi connectivity index (χ2v) is 4.12. The van der Waals surface area contributed by atoms with Crippen LogP contribution in [0.25, 0.3) is 6.08 Å². The Morgan fingerprint density at radius 1 is 1.44 bits per heavy atom. The van der Waals surface area contributed by atoms with E-state index in [0.29, 0.717) is 5.56 Å². The van der Waals surface area contributed by atoms with Crippen LogP contribution in [0.1, 0.15) is 5.56 Å². The van der Waals surface area contributed by atoms with Gasteiger partial charge < -0.3 is 10.8 Å². The van der Waals surface area contributed by atoms with Gasteiger partial charge in [-0.15, -0.1) is 0 Å². The molecule has 82 valence electrons. The highest BCUT2D eigenvalue weighted by molar-refractivity contribution is 7.80. The lowest BCUT2D eigenvalue weighted by molar-refractivity contribution is 0.476. The maximum absolute atomic E-state index is 9.33. The van der Waals surface area contributed by atoms with E-state index in [4.69, 9.17) is 34.2 Å². The Morgan fingerprint density at radius 2 is 1.94 bits per heavy atom. The zero-order valence-electron chi connectivity index (χ0n) is 7.87. The smallest absolute Gasteiger partial charge is 0.152 e. The molecule has 0 fully saturated rings. The van der Waals surface area contributed by atoms with Crippen molar-refractivity contribution in [2.24, 2.45) is 5.73 Å². The molecule has 0 saturated heterocycles. The lowest BCUT2D eigenvalue weighted by Gasteiger charge is -2.02. The van der Waals surface area contributed by atoms with Gasteiger partial charge in [-0.3, -0.25) is 0 Å². The van der Waals surface area contributed by atoms with Crippen molar-refractivity contribution < 1.29 is 5.11 Å². The summed E-state index contributed by atoms with van der Waals surface area (Å²) >= 11 is 16.1. The number of halogens is 2. The zero-order chi connectivity index (χ0) is 12.3. The van der Waals surface area contributed by atoms with Crippen LogP contribution in [-0.4, -0.2) is 10.1 Å². The molecule has 6 heteroatoms. The first-order valence-electron chi connectivity index (χ1n) is 4.05. The molecule has 0 amide bonds. The van der Waals surface area contributed by atoms with Crippen molar-refractivity contribution >= 4 is 46.5 Å². The Labute approximate surface area is 108 Å². The van der Waals surface area contributed by atoms with Crippen molar-refractivity contribution in [1.29, 1.82) is 5.26 Å². The van der Waals surface area contributed by atoms with Crippen LogP contribution in [0.3, 0.4) is 0 Å². The van der Waals surface area contributed by atoms with Gasteiger partial charge in [0.05, 0.1) is 15.6 Å². The molecule has 0 aromatic heterocycles. The van der Waals surface area contributed by atoms with Gasteiger partial charge in [0.1, 0.15) is 11.1 Å². The Kier molecular flexibility index (Phi) is 4.13. The summed E-state index contributed by atoms with van der Waals surface area (Å²) in [6.45, 7) is 0. The minimum absolute atomic E-state index is 0.0113. The Hall–Kier alpha value is -1.28. The van der Waals surface area contributed by atoms with E-state index in [1.54, 1.807) is 0 Å². The van der Waals surface area contributed by atoms with Crippen molar-refractivity contribution in [2.45, 2.75) is 0 Å². The van der Waals surface area contributed by atoms with Crippen LogP contribution in [0, 0.1) is 11.3 Å². The quantitative estimate of drug-likeness (QED) is 0.494. The molecule has 0 unspecified atom stereocenters. The number of nitrogens with zero attached hydrogens (tertiary/aromatic N) is 1. The van der Waals surface area contributed by atoms with Gasteiger partial charge >= 0.3 is 0 Å². The van der Waals surface area contributed by atoms with E-state index in [1.165, 1.54) is 18.2 Å². The van der Waals surface area contributed by atoms with E-state index in [1.807, 2.05) is 6.07 Å². The second kappa shape index (κ2) is 5.17. The number of hydrogen-bond acceptors (Lipinski definition) is 3. The molecule has 0 heterocycles. The summed E-state index contributed by atoms with van der Waals surface area (Å²) in [5, 5.41) is 18.3. The lowest BCUT2D eigenvalue weighted by atomic mass is 10.1. The predicted molar refractivity (Wildman–Crippen MR) is 68.5 cm³/mol. The fourth-order valence-corrected chi connectivity index (χ4v) is 1.60. The number of phenols is 1. The summed E-state index contributed by atoms with van der Waals surface area (Å²) in [4.78, 5) is -0.0113. The molecule has 3 nitrogen and oxygen atoms in total. The minimum Gasteiger partial charge on any atom is -0.505 e. The zero-order valence-corrected chi connectivity index (χ0v) is 10.2. The number of thiocarbonyl (C=S) groups is 1. The summed E-state index contributed by atoms with van der Waals surface area (Å²) < 4.78 is 0. The molecular formula is C10H6Cl2N2OS. The van der Waals surface area contributed by atoms with E-state index >= 15 is 0 Å². The van der Waals surface area contributed by atoms with Crippen molar-refractivity contribution in [3.63, 3.8) is 0 Å². The minimum atomic E-state index is -0.200. The van der Waals surface area contributed by atoms with Gasteiger partial charge in [-0.2, -0.15) is 5.26 Å². The predicted octanol–water partition coefficient (Wildman–Crippen LogP) is 2.89. The average Bonchev–Trinajstić information content (AvgIpc) is 2.21. The van der Waals surface area contributed by atoms with Crippen LogP contribution in [0.4, 0.5) is 0 Å². The molecule has 0 bridgehead atoms. The monoisotopic (exact) mass is 272 g/mol. The number of hydrogen-bond donors (Lipinski definition) is 2. The Bertz CT molecular complexity index is 497. The standard InChI is InChI=1S/C10H6Cl2N2OS/c11-7-2-5(3-8(12)9(7)15)1-6(4-13)10(14)16/h1-3,15H,(H2,14,16)/b6-1-. The van der Waals surface area contributed by atoms with Crippen molar-refractivity contribution in [3.8, 4) is 11.8 Å². The molecule has 3 N–H and O–H groups in total. The molecule has 0 aliphatic heterocycles. The van der Waals surface area contributed by atoms with Gasteiger partial charge in [0.2, 0.25) is 0 Å². The second-order valence-electron chi connectivity index (χ2n) is 2.87. The molecule has 16 heavy (non-hydrogen) atoms. The third-order valence-corrected chi connectivity index (χ3v) is 2.53. The highest BCUT2D eigenvalue weighted by Crippen LogP contribution is 2.33. The maximum Gasteiger partial charge on any atom is 0.152 e. The number of aromatic hydroxyl groups is 1. The van der Waals surface area contributed by atoms with Crippen LogP contribution in [0.5, 0.6) is 5.75 Å². The number of benzene rings is 1. The number of phenolic OH excluding ortho intramolecular Hbond substituents is 1. The van der Waals surface area contributed by atoms with Gasteiger partial charge in [-0.1, -0.05) is 35.4 Å². The van der Waals surface area contributed by atoms with E-state index in [9.17, 15) is 5.11 Å². The van der Waals surface area contributed by atoms with Crippen LogP contribution < -0.4 is 5.73 Å². The highest BCUT2D eigenvalue weighted by atomic mass is 35.5. The summed E-state index contributed by atoms with van der Waals surface area (Å²) in [7, 11) is 0. The van der Waals surface area contributed by atoms with Crippen molar-refractivity contribution in [2.75, 3.05) is 0 Å². The molecule has 0 spiro atoms. The number of nitrogens with two attached hydrogens (primary N) is 1. The average molecular weight is 273 g/mol. The molecule has 0 aliphatic rings. The van der Waals surface area contributed by atoms with Gasteiger partial charge in [0.15, 0.2) is 5.75 Å². The molecule has 0 aliphatic carbocycles. The maximum atomic E-state index is 9.33. The van der Waals surface area contributed by atoms with E-state index < -0.39 is 0 Å². The van der Waals surface area contributed by atoms with Crippen molar-refractivity contribution in [1.82, 2.24) is 0 Å². The third-order valence-electron chi connectivity index (χ3n) is 1.74. The first-order chi connectivity index (χ1) is 7.45. The summed E-state index contributed by atoms with van der Waals surface area (Å²) in [5.74, 6) is -0.200. The van der Waals surface area contributed by atoms with E-state index in [2.05, 4.69) is 12.2 Å². The molecule has 1 aromatic carbocycles. The lowest BCUT2D eigenvalue weighted by Crippen LogP contribution is -2.09. The molecule has 0 radical (unpaired) electrons. The Morgan fingerprint density at radius 3 is 2.31 bits per heavy atom. The first kappa shape index (κ1) is 12.8. The molecular weight excluding hydrogens is 267 g/mol. The van der Waals surface area contributed by atoms with Crippen molar-refractivity contribution in [3.05, 3.63) is 33.3 Å². The van der Waals surface area contributed by atoms with Crippen LogP contribution in [-0.2, 0) is 0 Å². The van der Waals surface area contributed by atoms with Gasteiger partial charge in [0, 0.05) is 0 Å². The van der Waals surface area contributed by atoms with Crippen LogP contribution in [0.2, 0.25) is 10.0 Å². The van der Waals surface area contributed by atoms with E-state index in [-0.39, 0.29) is 26.4 Å². The van der Waals surface area contributed by atoms with E-state index in [0.717, 1.165) is 0 Å². The first-order valence-corrected chi connectivity index (χ1v) is 5.21. The highest BCUT2D eigenvalue weighted by Gasteiger charge is 2.07. The van der Waals surface area contributed by atoms with Gasteiger partial charge in [0.25, 0.3) is 0 Å². The van der Waals surface area contributed by atoms with Gasteiger partial charge in [-0.25, -0.2) is 0 Å². The normalized spacial score (nSPS) is 10.9. The Balaban J connectivity index is 3.27. The van der Waals surface area contributed by atoms with Gasteiger partial charge in [-0.05, 0) is 23.8 Å².